The summed E-state index contributed by atoms with van der Waals surface area (Å²) >= 11 is 0. The molecule has 4 aromatic carbocycles. The molecule has 13 heteroatoms. The molecule has 1 aliphatic carbocycles. The van der Waals surface area contributed by atoms with Gasteiger partial charge in [0.15, 0.2) is 0 Å². The van der Waals surface area contributed by atoms with Crippen molar-refractivity contribution in [1.82, 2.24) is 25.4 Å². The third-order valence-electron chi connectivity index (χ3n) is 8.72. The van der Waals surface area contributed by atoms with Gasteiger partial charge in [0.2, 0.25) is 12.3 Å². The molecule has 60 heavy (non-hydrogen) atoms. The summed E-state index contributed by atoms with van der Waals surface area (Å²) < 4.78 is 6.98. The van der Waals surface area contributed by atoms with Crippen molar-refractivity contribution in [2.24, 2.45) is 0 Å². The lowest BCUT2D eigenvalue weighted by Crippen LogP contribution is -2.45. The maximum absolute atomic E-state index is 13.0. The van der Waals surface area contributed by atoms with Crippen molar-refractivity contribution < 1.29 is 23.9 Å². The Labute approximate surface area is 352 Å². The van der Waals surface area contributed by atoms with Crippen molar-refractivity contribution >= 4 is 41.5 Å². The Morgan fingerprint density at radius 2 is 1.32 bits per heavy atom. The number of aryl methyl sites for hydroxylation is 3. The van der Waals surface area contributed by atoms with E-state index in [0.29, 0.717) is 18.6 Å². The van der Waals surface area contributed by atoms with Crippen LogP contribution in [-0.4, -0.2) is 54.1 Å². The number of fused-ring (bicyclic) bond motifs is 1. The Morgan fingerprint density at radius 3 is 1.77 bits per heavy atom. The molecule has 0 aliphatic heterocycles. The van der Waals surface area contributed by atoms with Crippen molar-refractivity contribution in [2.75, 3.05) is 19.1 Å². The fourth-order valence-electron chi connectivity index (χ4n) is 5.63. The lowest BCUT2D eigenvalue weighted by Gasteiger charge is -2.17. The predicted molar refractivity (Wildman–Crippen MR) is 239 cm³/mol. The molecule has 1 aliphatic rings. The minimum absolute atomic E-state index is 0.131. The number of ether oxygens (including phenoxy) is 1. The molecule has 1 unspecified atom stereocenters. The van der Waals surface area contributed by atoms with Crippen molar-refractivity contribution in [3.05, 3.63) is 171 Å². The normalized spacial score (nSPS) is 12.1. The van der Waals surface area contributed by atoms with E-state index in [2.05, 4.69) is 77.8 Å². The summed E-state index contributed by atoms with van der Waals surface area (Å²) in [7, 11) is 1.63. The van der Waals surface area contributed by atoms with Crippen LogP contribution in [0.3, 0.4) is 0 Å². The Kier molecular flexibility index (Phi) is 23.2. The van der Waals surface area contributed by atoms with Crippen LogP contribution in [0.2, 0.25) is 0 Å². The van der Waals surface area contributed by atoms with E-state index in [1.54, 1.807) is 26.2 Å². The van der Waals surface area contributed by atoms with Crippen LogP contribution in [0.4, 0.5) is 5.69 Å². The van der Waals surface area contributed by atoms with Crippen molar-refractivity contribution in [2.45, 2.75) is 72.5 Å². The third-order valence-corrected chi connectivity index (χ3v) is 8.72. The highest BCUT2D eigenvalue weighted by Crippen LogP contribution is 2.11. The highest BCUT2D eigenvalue weighted by Gasteiger charge is 2.17. The van der Waals surface area contributed by atoms with Crippen LogP contribution in [-0.2, 0) is 49.8 Å². The van der Waals surface area contributed by atoms with Gasteiger partial charge in [0.05, 0.1) is 29.6 Å². The van der Waals surface area contributed by atoms with Crippen LogP contribution in [0.25, 0.3) is 10.8 Å². The maximum atomic E-state index is 13.0. The molecule has 3 amide bonds. The highest BCUT2D eigenvalue weighted by atomic mass is 16.5. The fourth-order valence-corrected chi connectivity index (χ4v) is 5.63. The van der Waals surface area contributed by atoms with Crippen molar-refractivity contribution in [3.63, 3.8) is 0 Å². The molecule has 0 saturated carbocycles. The van der Waals surface area contributed by atoms with E-state index in [-0.39, 0.29) is 23.4 Å². The molecule has 0 radical (unpaired) electrons. The second-order valence-electron chi connectivity index (χ2n) is 13.1. The van der Waals surface area contributed by atoms with E-state index in [1.807, 2.05) is 74.4 Å². The van der Waals surface area contributed by atoms with Crippen LogP contribution >= 0.6 is 0 Å². The second-order valence-corrected chi connectivity index (χ2v) is 13.1. The van der Waals surface area contributed by atoms with E-state index >= 15 is 0 Å². The molecule has 318 valence electrons. The van der Waals surface area contributed by atoms with Crippen LogP contribution in [0.15, 0.2) is 143 Å². The zero-order valence-corrected chi connectivity index (χ0v) is 35.2. The Balaban J connectivity index is 0.000000343. The number of anilines is 1. The minimum atomic E-state index is -0.541. The highest BCUT2D eigenvalue weighted by molar-refractivity contribution is 5.82. The molecule has 0 bridgehead atoms. The molecule has 4 N–H and O–H groups in total. The van der Waals surface area contributed by atoms with Gasteiger partial charge in [0.25, 0.3) is 17.0 Å². The molecule has 0 spiro atoms. The van der Waals surface area contributed by atoms with E-state index < -0.39 is 29.5 Å². The second kappa shape index (κ2) is 28.4. The zero-order chi connectivity index (χ0) is 44.1. The average Bonchev–Trinajstić information content (AvgIpc) is 3.29. The first-order valence-electron chi connectivity index (χ1n) is 19.7. The number of hydrogen-bond acceptors (Lipinski definition) is 8. The number of aromatic nitrogens is 2. The third kappa shape index (κ3) is 17.2. The number of carbonyl (C=O) groups excluding carboxylic acids is 4. The number of rotatable bonds is 13. The molecule has 13 nitrogen and oxygen atoms in total. The van der Waals surface area contributed by atoms with Gasteiger partial charge in [-0.1, -0.05) is 117 Å². The van der Waals surface area contributed by atoms with Gasteiger partial charge in [-0.15, -0.1) is 0 Å². The number of allylic oxidation sites excluding steroid dienone is 1. The first-order chi connectivity index (χ1) is 29.1. The van der Waals surface area contributed by atoms with Crippen LogP contribution in [0.5, 0.6) is 0 Å². The smallest absolute Gasteiger partial charge is 0.273 e. The molecular formula is C47H58N6O7. The number of nitrogens with one attached hydrogen (secondary N) is 4. The first kappa shape index (κ1) is 49.1. The topological polar surface area (TPSA) is 170 Å². The van der Waals surface area contributed by atoms with Crippen LogP contribution < -0.4 is 32.6 Å². The molecule has 0 saturated heterocycles. The SMILES string of the molecule is C=O.CCCc1ccccc1.CCNC(=O)Cn1c(=O)c2ccccc2c(=O)n1CC(=O)NNc1ccc(CC)cc1.COC1=CCC(NC=O)C=C1.Cc1ccccc1. The summed E-state index contributed by atoms with van der Waals surface area (Å²) in [5.74, 6) is -0.113. The Hall–Kier alpha value is -7.02. The average molecular weight is 819 g/mol. The number of hydrogen-bond donors (Lipinski definition) is 4. The van der Waals surface area contributed by atoms with Gasteiger partial charge in [-0.3, -0.25) is 34.8 Å². The molecule has 6 rings (SSSR count). The minimum Gasteiger partial charge on any atom is -0.497 e. The van der Waals surface area contributed by atoms with E-state index in [1.165, 1.54) is 36.1 Å². The number of likely N-dealkylation sites (N-methyl/N-ethyl adjacent to an activating group) is 1. The Morgan fingerprint density at radius 1 is 0.767 bits per heavy atom. The number of carbonyl (C=O) groups is 4. The largest absolute Gasteiger partial charge is 0.497 e. The van der Waals surface area contributed by atoms with E-state index in [0.717, 1.165) is 33.5 Å². The predicted octanol–water partition coefficient (Wildman–Crippen LogP) is 6.05. The lowest BCUT2D eigenvalue weighted by atomic mass is 10.1. The monoisotopic (exact) mass is 818 g/mol. The van der Waals surface area contributed by atoms with E-state index in [9.17, 15) is 24.0 Å². The van der Waals surface area contributed by atoms with Gasteiger partial charge < -0.3 is 20.2 Å². The number of amides is 3. The molecule has 1 heterocycles. The molecule has 1 aromatic heterocycles. The number of benzene rings is 4. The summed E-state index contributed by atoms with van der Waals surface area (Å²) in [6.45, 7) is 9.66. The summed E-state index contributed by atoms with van der Waals surface area (Å²) in [6.07, 6.45) is 10.6. The quantitative estimate of drug-likeness (QED) is 0.0823. The first-order valence-corrected chi connectivity index (χ1v) is 19.7. The molecule has 0 fully saturated rings. The Bertz CT molecular complexity index is 2220. The standard InChI is InChI=1S/C22H25N5O4.C9H12.C8H11NO2.C7H8.CH2O/c1-3-15-9-11-16(12-10-15)24-25-20(29)14-27-22(31)18-8-6-5-7-17(18)21(30)26(27)13-19(28)23-4-2;1-2-6-9-7-4-3-5-8-9;1-11-8-4-2-7(3-5-8)9-6-10;1-7-5-3-2-4-6-7;1-2/h5-12,24H,3-4,13-14H2,1-2H3,(H,23,28)(H,25,29);3-5,7-8H,2,6H2,1H3;2,4-7H,3H2,1H3,(H,9,10);2-6H,1H3;1H2. The van der Waals surface area contributed by atoms with Crippen molar-refractivity contribution in [1.29, 1.82) is 0 Å². The number of hydrazine groups is 1. The van der Waals surface area contributed by atoms with E-state index in [4.69, 9.17) is 9.53 Å². The van der Waals surface area contributed by atoms with Crippen molar-refractivity contribution in [3.8, 4) is 0 Å². The summed E-state index contributed by atoms with van der Waals surface area (Å²) in [5.41, 5.74) is 8.87. The summed E-state index contributed by atoms with van der Waals surface area (Å²) in [4.78, 5) is 68.6. The van der Waals surface area contributed by atoms with Crippen LogP contribution in [0.1, 0.15) is 50.3 Å². The summed E-state index contributed by atoms with van der Waals surface area (Å²) in [6, 6.07) is 34.8. The van der Waals surface area contributed by atoms with Gasteiger partial charge in [0.1, 0.15) is 25.6 Å². The van der Waals surface area contributed by atoms with Gasteiger partial charge >= 0.3 is 0 Å². The lowest BCUT2D eigenvalue weighted by molar-refractivity contribution is -0.124. The van der Waals surface area contributed by atoms with Gasteiger partial charge in [0, 0.05) is 6.54 Å². The number of nitrogens with zero attached hydrogens (tertiary/aromatic N) is 2. The zero-order valence-electron chi connectivity index (χ0n) is 35.2. The molecule has 5 aromatic rings. The summed E-state index contributed by atoms with van der Waals surface area (Å²) in [5, 5.41) is 5.65. The maximum Gasteiger partial charge on any atom is 0.273 e. The molecular weight excluding hydrogens is 761 g/mol. The van der Waals surface area contributed by atoms with Gasteiger partial charge in [-0.05, 0) is 80.7 Å². The van der Waals surface area contributed by atoms with Crippen LogP contribution in [0, 0.1) is 6.92 Å². The van der Waals surface area contributed by atoms with Gasteiger partial charge in [-0.25, -0.2) is 9.36 Å². The van der Waals surface area contributed by atoms with Gasteiger partial charge in [-0.2, -0.15) is 0 Å². The fraction of sp³-hybridized carbons (Fsp3) is 0.277. The molecule has 1 atom stereocenters. The number of methoxy groups -OCH3 is 1.